The van der Waals surface area contributed by atoms with E-state index in [2.05, 4.69) is 0 Å². The Kier molecular flexibility index (Phi) is 7.82. The number of hydrogen-bond donors (Lipinski definition) is 0. The van der Waals surface area contributed by atoms with Crippen LogP contribution in [0.15, 0.2) is 47.4 Å². The number of hydrogen-bond acceptors (Lipinski definition) is 6. The van der Waals surface area contributed by atoms with Crippen LogP contribution >= 0.6 is 22.9 Å². The Bertz CT molecular complexity index is 1020. The molecule has 1 fully saturated rings. The molecule has 0 bridgehead atoms. The van der Waals surface area contributed by atoms with Crippen LogP contribution in [-0.4, -0.2) is 44.2 Å². The largest absolute Gasteiger partial charge is 0.454 e. The second-order valence-electron chi connectivity index (χ2n) is 6.86. The Morgan fingerprint density at radius 1 is 1.03 bits per heavy atom. The van der Waals surface area contributed by atoms with Gasteiger partial charge in [0.15, 0.2) is 6.61 Å². The van der Waals surface area contributed by atoms with Crippen LogP contribution < -0.4 is 0 Å². The zero-order chi connectivity index (χ0) is 21.6. The van der Waals surface area contributed by atoms with E-state index in [1.54, 1.807) is 28.6 Å². The number of halogens is 1. The average Bonchev–Trinajstić information content (AvgIpc) is 2.99. The van der Waals surface area contributed by atoms with E-state index in [-0.39, 0.29) is 17.3 Å². The minimum Gasteiger partial charge on any atom is -0.454 e. The van der Waals surface area contributed by atoms with Gasteiger partial charge in [-0.3, -0.25) is 4.79 Å². The second-order valence-corrected chi connectivity index (χ2v) is 10.5. The quantitative estimate of drug-likeness (QED) is 0.342. The summed E-state index contributed by atoms with van der Waals surface area (Å²) in [5.74, 6) is -0.982. The lowest BCUT2D eigenvalue weighted by Crippen LogP contribution is -2.31. The summed E-state index contributed by atoms with van der Waals surface area (Å²) < 4.78 is 32.5. The van der Waals surface area contributed by atoms with Crippen LogP contribution in [0.5, 0.6) is 0 Å². The molecule has 3 rings (SSSR count). The van der Waals surface area contributed by atoms with Gasteiger partial charge in [-0.2, -0.15) is 4.31 Å². The van der Waals surface area contributed by atoms with Crippen molar-refractivity contribution in [1.82, 2.24) is 4.31 Å². The molecule has 0 spiro atoms. The maximum absolute atomic E-state index is 12.8. The number of rotatable bonds is 7. The summed E-state index contributed by atoms with van der Waals surface area (Å²) in [6, 6.07) is 9.53. The molecule has 0 radical (unpaired) electrons. The second kappa shape index (κ2) is 10.3. The molecule has 0 amide bonds. The highest BCUT2D eigenvalue weighted by Crippen LogP contribution is 2.22. The van der Waals surface area contributed by atoms with Crippen molar-refractivity contribution in [2.75, 3.05) is 19.7 Å². The minimum absolute atomic E-state index is 0.240. The summed E-state index contributed by atoms with van der Waals surface area (Å²) >= 11 is 6.91. The molecule has 2 heterocycles. The first kappa shape index (κ1) is 22.7. The summed E-state index contributed by atoms with van der Waals surface area (Å²) in [5, 5.41) is 0. The number of esters is 1. The monoisotopic (exact) mass is 467 g/mol. The zero-order valence-corrected chi connectivity index (χ0v) is 18.6. The van der Waals surface area contributed by atoms with Gasteiger partial charge in [-0.05, 0) is 48.7 Å². The number of thiophene rings is 1. The topological polar surface area (TPSA) is 80.8 Å². The number of Topliss-reactive ketones (excluding diaryl/α,β-unsaturated/α-hetero) is 1. The molecule has 1 aliphatic heterocycles. The molecule has 6 nitrogen and oxygen atoms in total. The number of carbonyl (C=O) groups excluding carboxylic acids is 2. The van der Waals surface area contributed by atoms with Crippen LogP contribution in [0.3, 0.4) is 0 Å². The zero-order valence-electron chi connectivity index (χ0n) is 16.3. The number of sulfonamides is 1. The molecule has 1 aromatic heterocycles. The molecule has 0 N–H and O–H groups in total. The summed E-state index contributed by atoms with van der Waals surface area (Å²) in [6.07, 6.45) is 6.58. The summed E-state index contributed by atoms with van der Waals surface area (Å²) in [4.78, 5) is 24.4. The van der Waals surface area contributed by atoms with Crippen LogP contribution in [0.2, 0.25) is 4.34 Å². The molecule has 30 heavy (non-hydrogen) atoms. The summed E-state index contributed by atoms with van der Waals surface area (Å²) in [6.45, 7) is 0.728. The number of benzene rings is 1. The molecule has 9 heteroatoms. The van der Waals surface area contributed by atoms with Gasteiger partial charge >= 0.3 is 5.97 Å². The fourth-order valence-electron chi connectivity index (χ4n) is 3.07. The van der Waals surface area contributed by atoms with Crippen LogP contribution in [0.25, 0.3) is 6.08 Å². The third-order valence-corrected chi connectivity index (χ3v) is 7.87. The molecule has 1 aromatic carbocycles. The lowest BCUT2D eigenvalue weighted by molar-refractivity contribution is -0.136. The highest BCUT2D eigenvalue weighted by molar-refractivity contribution is 7.89. The van der Waals surface area contributed by atoms with Gasteiger partial charge in [-0.1, -0.05) is 36.6 Å². The van der Waals surface area contributed by atoms with Gasteiger partial charge in [-0.25, -0.2) is 13.2 Å². The van der Waals surface area contributed by atoms with Gasteiger partial charge in [0, 0.05) is 19.2 Å². The summed E-state index contributed by atoms with van der Waals surface area (Å²) in [7, 11) is -3.50. The molecule has 2 aromatic rings. The van der Waals surface area contributed by atoms with E-state index in [1.165, 1.54) is 24.3 Å². The fraction of sp³-hybridized carbons (Fsp3) is 0.333. The first-order valence-corrected chi connectivity index (χ1v) is 12.2. The van der Waals surface area contributed by atoms with E-state index in [0.29, 0.717) is 27.9 Å². The standard InChI is InChI=1S/C21H22ClNO5S2/c22-20-11-10-19(29-20)18(24)15-28-21(25)12-7-16-5-8-17(9-6-16)30(26,27)23-13-3-1-2-4-14-23/h5-12H,1-4,13-15H2/b12-7+. The molecule has 160 valence electrons. The Balaban J connectivity index is 1.56. The van der Waals surface area contributed by atoms with E-state index < -0.39 is 16.0 Å². The molecular formula is C21H22ClNO5S2. The Labute approximate surface area is 185 Å². The molecule has 0 unspecified atom stereocenters. The van der Waals surface area contributed by atoms with Crippen molar-refractivity contribution in [2.45, 2.75) is 30.6 Å². The maximum atomic E-state index is 12.8. The molecule has 1 aliphatic rings. The van der Waals surface area contributed by atoms with E-state index in [4.69, 9.17) is 16.3 Å². The predicted molar refractivity (Wildman–Crippen MR) is 117 cm³/mol. The van der Waals surface area contributed by atoms with Crippen molar-refractivity contribution in [3.8, 4) is 0 Å². The van der Waals surface area contributed by atoms with Gasteiger partial charge in [0.05, 0.1) is 14.1 Å². The van der Waals surface area contributed by atoms with Crippen molar-refractivity contribution in [3.63, 3.8) is 0 Å². The van der Waals surface area contributed by atoms with Crippen molar-refractivity contribution in [2.24, 2.45) is 0 Å². The highest BCUT2D eigenvalue weighted by atomic mass is 35.5. The van der Waals surface area contributed by atoms with E-state index in [0.717, 1.165) is 37.0 Å². The van der Waals surface area contributed by atoms with E-state index >= 15 is 0 Å². The number of nitrogens with zero attached hydrogens (tertiary/aromatic N) is 1. The number of ketones is 1. The number of ether oxygens (including phenoxy) is 1. The lowest BCUT2D eigenvalue weighted by atomic mass is 10.2. The third-order valence-electron chi connectivity index (χ3n) is 4.69. The van der Waals surface area contributed by atoms with Gasteiger partial charge < -0.3 is 4.74 Å². The van der Waals surface area contributed by atoms with Crippen molar-refractivity contribution in [1.29, 1.82) is 0 Å². The van der Waals surface area contributed by atoms with E-state index in [1.807, 2.05) is 0 Å². The van der Waals surface area contributed by atoms with Crippen molar-refractivity contribution < 1.29 is 22.7 Å². The third kappa shape index (κ3) is 6.01. The first-order valence-electron chi connectivity index (χ1n) is 9.60. The SMILES string of the molecule is O=C(/C=C/c1ccc(S(=O)(=O)N2CCCCCC2)cc1)OCC(=O)c1ccc(Cl)s1. The van der Waals surface area contributed by atoms with Gasteiger partial charge in [0.1, 0.15) is 0 Å². The molecule has 1 saturated heterocycles. The molecular weight excluding hydrogens is 446 g/mol. The van der Waals surface area contributed by atoms with Crippen LogP contribution in [0.1, 0.15) is 40.9 Å². The Morgan fingerprint density at radius 3 is 2.30 bits per heavy atom. The molecule has 0 aliphatic carbocycles. The molecule has 0 atom stereocenters. The van der Waals surface area contributed by atoms with Crippen LogP contribution in [-0.2, 0) is 19.6 Å². The normalized spacial score (nSPS) is 15.8. The van der Waals surface area contributed by atoms with E-state index in [9.17, 15) is 18.0 Å². The lowest BCUT2D eigenvalue weighted by Gasteiger charge is -2.19. The van der Waals surface area contributed by atoms with Gasteiger partial charge in [0.2, 0.25) is 15.8 Å². The smallest absolute Gasteiger partial charge is 0.331 e. The highest BCUT2D eigenvalue weighted by Gasteiger charge is 2.24. The maximum Gasteiger partial charge on any atom is 0.331 e. The number of carbonyl (C=O) groups is 2. The first-order chi connectivity index (χ1) is 14.4. The minimum atomic E-state index is -3.50. The van der Waals surface area contributed by atoms with Gasteiger partial charge in [0.25, 0.3) is 0 Å². The average molecular weight is 468 g/mol. The Hall–Kier alpha value is -2.00. The molecule has 0 saturated carbocycles. The van der Waals surface area contributed by atoms with Gasteiger partial charge in [-0.15, -0.1) is 11.3 Å². The van der Waals surface area contributed by atoms with Crippen LogP contribution in [0.4, 0.5) is 0 Å². The Morgan fingerprint density at radius 2 is 1.70 bits per heavy atom. The fourth-order valence-corrected chi connectivity index (χ4v) is 5.55. The van der Waals surface area contributed by atoms with Crippen molar-refractivity contribution >= 4 is 50.8 Å². The van der Waals surface area contributed by atoms with Crippen molar-refractivity contribution in [3.05, 3.63) is 57.3 Å². The summed E-state index contributed by atoms with van der Waals surface area (Å²) in [5.41, 5.74) is 0.651. The van der Waals surface area contributed by atoms with Crippen LogP contribution in [0, 0.1) is 0 Å². The predicted octanol–water partition coefficient (Wildman–Crippen LogP) is 4.41.